The predicted octanol–water partition coefficient (Wildman–Crippen LogP) is 6.10. The Morgan fingerprint density at radius 3 is 2.67 bits per heavy atom. The second-order valence-corrected chi connectivity index (χ2v) is 10.6. The first kappa shape index (κ1) is 29.9. The van der Waals surface area contributed by atoms with E-state index in [1.54, 1.807) is 29.2 Å². The average Bonchev–Trinajstić information content (AvgIpc) is 3.64. The van der Waals surface area contributed by atoms with Gasteiger partial charge in [-0.05, 0) is 80.4 Å². The standard InChI is InChI=1S/C31H31FN6O4S/c1-4-41-17-23-6-5-20(2)15-27(23)38-28(39)18-43-31(38)35-30(40)34-26-12-7-22(16-21(26)3)29-33-19-37(36-29)24-8-10-25(11-9-24)42-14-13-32/h5-12,15-16,19H,4,13-14,17-18H2,1-3H3,(H,34,40)/b35-31-. The van der Waals surface area contributed by atoms with Gasteiger partial charge in [-0.2, -0.15) is 4.99 Å². The molecule has 0 saturated carbocycles. The van der Waals surface area contributed by atoms with Crippen molar-refractivity contribution in [3.05, 3.63) is 83.7 Å². The third-order valence-electron chi connectivity index (χ3n) is 6.57. The highest BCUT2D eigenvalue weighted by atomic mass is 32.2. The number of halogens is 1. The van der Waals surface area contributed by atoms with Crippen LogP contribution in [0.2, 0.25) is 0 Å². The second-order valence-electron chi connectivity index (χ2n) is 9.69. The Bertz CT molecular complexity index is 1660. The molecule has 2 heterocycles. The number of benzene rings is 3. The minimum absolute atomic E-state index is 0.0103. The highest BCUT2D eigenvalue weighted by Crippen LogP contribution is 2.31. The van der Waals surface area contributed by atoms with Crippen LogP contribution < -0.4 is 15.0 Å². The Morgan fingerprint density at radius 1 is 1.12 bits per heavy atom. The van der Waals surface area contributed by atoms with Crippen molar-refractivity contribution in [3.8, 4) is 22.8 Å². The number of alkyl halides is 1. The van der Waals surface area contributed by atoms with Crippen LogP contribution in [0.4, 0.5) is 20.6 Å². The van der Waals surface area contributed by atoms with E-state index < -0.39 is 12.7 Å². The lowest BCUT2D eigenvalue weighted by atomic mass is 10.1. The zero-order valence-corrected chi connectivity index (χ0v) is 24.9. The number of carbonyl (C=O) groups excluding carboxylic acids is 2. The molecule has 10 nitrogen and oxygen atoms in total. The lowest BCUT2D eigenvalue weighted by Crippen LogP contribution is -2.31. The molecule has 0 bridgehead atoms. The summed E-state index contributed by atoms with van der Waals surface area (Å²) in [6.45, 7) is 6.08. The summed E-state index contributed by atoms with van der Waals surface area (Å²) in [5.41, 5.74) is 5.42. The fourth-order valence-corrected chi connectivity index (χ4v) is 5.30. The predicted molar refractivity (Wildman–Crippen MR) is 166 cm³/mol. The molecule has 1 aliphatic rings. The molecule has 0 unspecified atom stereocenters. The summed E-state index contributed by atoms with van der Waals surface area (Å²) in [7, 11) is 0. The lowest BCUT2D eigenvalue weighted by molar-refractivity contribution is -0.115. The Labute approximate surface area is 252 Å². The van der Waals surface area contributed by atoms with Crippen molar-refractivity contribution in [1.29, 1.82) is 0 Å². The van der Waals surface area contributed by atoms with E-state index in [1.165, 1.54) is 16.7 Å². The van der Waals surface area contributed by atoms with E-state index >= 15 is 0 Å². The molecule has 4 aromatic rings. The molecule has 43 heavy (non-hydrogen) atoms. The smallest absolute Gasteiger partial charge is 0.347 e. The van der Waals surface area contributed by atoms with Crippen LogP contribution in [0.5, 0.6) is 5.75 Å². The van der Waals surface area contributed by atoms with Crippen LogP contribution >= 0.6 is 11.8 Å². The largest absolute Gasteiger partial charge is 0.491 e. The quantitative estimate of drug-likeness (QED) is 0.233. The van der Waals surface area contributed by atoms with E-state index in [9.17, 15) is 14.0 Å². The van der Waals surface area contributed by atoms with Gasteiger partial charge in [0.2, 0.25) is 5.91 Å². The molecular weight excluding hydrogens is 571 g/mol. The number of amides is 3. The number of aromatic nitrogens is 3. The van der Waals surface area contributed by atoms with Gasteiger partial charge >= 0.3 is 6.03 Å². The summed E-state index contributed by atoms with van der Waals surface area (Å²) < 4.78 is 24.8. The number of rotatable bonds is 10. The van der Waals surface area contributed by atoms with Crippen LogP contribution in [0, 0.1) is 13.8 Å². The molecular formula is C31H31FN6O4S. The molecule has 0 atom stereocenters. The molecule has 1 aromatic heterocycles. The van der Waals surface area contributed by atoms with Crippen molar-refractivity contribution in [2.75, 3.05) is 35.9 Å². The number of carbonyl (C=O) groups is 2. The first-order chi connectivity index (χ1) is 20.9. The number of nitrogens with one attached hydrogen (secondary N) is 1. The van der Waals surface area contributed by atoms with Crippen molar-refractivity contribution < 1.29 is 23.5 Å². The van der Waals surface area contributed by atoms with Gasteiger partial charge in [0, 0.05) is 23.4 Å². The van der Waals surface area contributed by atoms with Crippen LogP contribution in [-0.2, 0) is 16.1 Å². The number of urea groups is 1. The van der Waals surface area contributed by atoms with Gasteiger partial charge in [0.05, 0.1) is 23.7 Å². The molecule has 3 aromatic carbocycles. The van der Waals surface area contributed by atoms with Crippen molar-refractivity contribution >= 4 is 40.2 Å². The highest BCUT2D eigenvalue weighted by molar-refractivity contribution is 8.15. The average molecular weight is 603 g/mol. The van der Waals surface area contributed by atoms with E-state index in [1.807, 2.05) is 63.2 Å². The third-order valence-corrected chi connectivity index (χ3v) is 7.49. The Morgan fingerprint density at radius 2 is 1.93 bits per heavy atom. The van der Waals surface area contributed by atoms with Crippen molar-refractivity contribution in [1.82, 2.24) is 14.8 Å². The molecule has 3 amide bonds. The normalized spacial score (nSPS) is 14.0. The van der Waals surface area contributed by atoms with Crippen molar-refractivity contribution in [2.24, 2.45) is 4.99 Å². The molecule has 0 aliphatic carbocycles. The Balaban J connectivity index is 1.30. The topological polar surface area (TPSA) is 111 Å². The molecule has 12 heteroatoms. The number of thioether (sulfide) groups is 1. The van der Waals surface area contributed by atoms with E-state index in [2.05, 4.69) is 20.4 Å². The summed E-state index contributed by atoms with van der Waals surface area (Å²) in [5.74, 6) is 1.14. The molecule has 5 rings (SSSR count). The number of nitrogens with zero attached hydrogens (tertiary/aromatic N) is 5. The summed E-state index contributed by atoms with van der Waals surface area (Å²) in [5, 5.41) is 7.71. The minimum Gasteiger partial charge on any atom is -0.491 e. The summed E-state index contributed by atoms with van der Waals surface area (Å²) in [4.78, 5) is 36.0. The van der Waals surface area contributed by atoms with Gasteiger partial charge in [0.1, 0.15) is 25.4 Å². The SMILES string of the molecule is CCOCc1ccc(C)cc1N1C(=O)CS/C1=N\C(=O)Nc1ccc(-c2ncn(-c3ccc(OCCF)cc3)n2)cc1C. The van der Waals surface area contributed by atoms with Crippen LogP contribution in [0.15, 0.2) is 72.0 Å². The summed E-state index contributed by atoms with van der Waals surface area (Å²) >= 11 is 1.22. The first-order valence-corrected chi connectivity index (χ1v) is 14.7. The lowest BCUT2D eigenvalue weighted by Gasteiger charge is -2.20. The number of ether oxygens (including phenoxy) is 2. The molecule has 1 saturated heterocycles. The van der Waals surface area contributed by atoms with Gasteiger partial charge in [0.25, 0.3) is 0 Å². The maximum Gasteiger partial charge on any atom is 0.347 e. The molecule has 222 valence electrons. The summed E-state index contributed by atoms with van der Waals surface area (Å²) in [6.07, 6.45) is 1.61. The van der Waals surface area contributed by atoms with Crippen molar-refractivity contribution in [3.63, 3.8) is 0 Å². The summed E-state index contributed by atoms with van der Waals surface area (Å²) in [6, 6.07) is 17.8. The monoisotopic (exact) mass is 602 g/mol. The number of amidine groups is 1. The first-order valence-electron chi connectivity index (χ1n) is 13.7. The number of aryl methyl sites for hydroxylation is 2. The number of hydrogen-bond acceptors (Lipinski definition) is 7. The fraction of sp³-hybridized carbons (Fsp3) is 0.258. The Hall–Kier alpha value is -4.55. The van der Waals surface area contributed by atoms with Crippen molar-refractivity contribution in [2.45, 2.75) is 27.4 Å². The number of hydrogen-bond donors (Lipinski definition) is 1. The number of anilines is 2. The van der Waals surface area contributed by atoms with Gasteiger partial charge < -0.3 is 14.8 Å². The Kier molecular flexibility index (Phi) is 9.48. The van der Waals surface area contributed by atoms with E-state index in [-0.39, 0.29) is 18.3 Å². The zero-order valence-electron chi connectivity index (χ0n) is 24.0. The van der Waals surface area contributed by atoms with Gasteiger partial charge in [-0.1, -0.05) is 23.9 Å². The van der Waals surface area contributed by atoms with E-state index in [0.717, 1.165) is 27.9 Å². The van der Waals surface area contributed by atoms with Gasteiger partial charge in [-0.3, -0.25) is 9.69 Å². The maximum absolute atomic E-state index is 13.0. The highest BCUT2D eigenvalue weighted by Gasteiger charge is 2.32. The van der Waals surface area contributed by atoms with E-state index in [0.29, 0.717) is 41.3 Å². The van der Waals surface area contributed by atoms with Crippen LogP contribution in [-0.4, -0.2) is 57.5 Å². The molecule has 1 aliphatic heterocycles. The minimum atomic E-state index is -0.585. The van der Waals surface area contributed by atoms with Gasteiger partial charge in [-0.15, -0.1) is 5.10 Å². The third kappa shape index (κ3) is 7.09. The van der Waals surface area contributed by atoms with Crippen LogP contribution in [0.25, 0.3) is 17.1 Å². The molecule has 1 N–H and O–H groups in total. The second kappa shape index (κ2) is 13.6. The fourth-order valence-electron chi connectivity index (χ4n) is 4.44. The molecule has 1 fully saturated rings. The zero-order chi connectivity index (χ0) is 30.3. The van der Waals surface area contributed by atoms with E-state index in [4.69, 9.17) is 9.47 Å². The van der Waals surface area contributed by atoms with Gasteiger partial charge in [-0.25, -0.2) is 18.9 Å². The molecule has 0 spiro atoms. The number of aliphatic imine (C=N–C) groups is 1. The maximum atomic E-state index is 13.0. The van der Waals surface area contributed by atoms with Crippen LogP contribution in [0.3, 0.4) is 0 Å². The molecule has 0 radical (unpaired) electrons. The van der Waals surface area contributed by atoms with Crippen LogP contribution in [0.1, 0.15) is 23.6 Å². The van der Waals surface area contributed by atoms with Gasteiger partial charge in [0.15, 0.2) is 11.0 Å².